The van der Waals surface area contributed by atoms with Crippen molar-refractivity contribution in [2.45, 2.75) is 26.7 Å². The van der Waals surface area contributed by atoms with Crippen LogP contribution in [0, 0.1) is 12.8 Å². The summed E-state index contributed by atoms with van der Waals surface area (Å²) in [5, 5.41) is 13.4. The predicted molar refractivity (Wildman–Crippen MR) is 60.9 cm³/mol. The average Bonchev–Trinajstić information content (AvgIpc) is 2.33. The van der Waals surface area contributed by atoms with E-state index in [-0.39, 0.29) is 5.92 Å². The number of aliphatic carboxylic acids is 1. The fourth-order valence-corrected chi connectivity index (χ4v) is 1.92. The number of hydrogen-bond acceptors (Lipinski definition) is 2. The molecule has 0 aliphatic rings. The maximum absolute atomic E-state index is 11.1. The molecule has 0 aliphatic heterocycles. The van der Waals surface area contributed by atoms with Gasteiger partial charge in [-0.25, -0.2) is 0 Å². The molecule has 0 fully saturated rings. The van der Waals surface area contributed by atoms with Crippen molar-refractivity contribution in [3.05, 3.63) is 15.9 Å². The molecular weight excluding hydrogens is 260 g/mol. The Bertz CT molecular complexity index is 385. The lowest BCUT2D eigenvalue weighted by Crippen LogP contribution is -2.19. The molecule has 0 saturated heterocycles. The molecular formula is C10H15BrN2O2. The Kier molecular flexibility index (Phi) is 3.54. The van der Waals surface area contributed by atoms with E-state index in [9.17, 15) is 4.79 Å². The highest BCUT2D eigenvalue weighted by atomic mass is 79.9. The van der Waals surface area contributed by atoms with Gasteiger partial charge in [0.15, 0.2) is 0 Å². The number of aryl methyl sites for hydroxylation is 1. The fraction of sp³-hybridized carbons (Fsp3) is 0.600. The third kappa shape index (κ3) is 2.22. The van der Waals surface area contributed by atoms with Crippen LogP contribution in [0.15, 0.2) is 4.60 Å². The van der Waals surface area contributed by atoms with Gasteiger partial charge in [0.25, 0.3) is 0 Å². The highest BCUT2D eigenvalue weighted by molar-refractivity contribution is 9.10. The minimum Gasteiger partial charge on any atom is -0.481 e. The predicted octanol–water partition coefficient (Wildman–Crippen LogP) is 2.32. The van der Waals surface area contributed by atoms with Crippen LogP contribution in [0.4, 0.5) is 0 Å². The Morgan fingerprint density at radius 3 is 2.33 bits per heavy atom. The minimum absolute atomic E-state index is 0.0306. The number of carboxylic acid groups (broad SMARTS) is 1. The maximum Gasteiger partial charge on any atom is 0.312 e. The first-order valence-corrected chi connectivity index (χ1v) is 5.57. The van der Waals surface area contributed by atoms with E-state index < -0.39 is 11.9 Å². The van der Waals surface area contributed by atoms with Gasteiger partial charge in [0.2, 0.25) is 0 Å². The van der Waals surface area contributed by atoms with Gasteiger partial charge in [0, 0.05) is 12.6 Å². The van der Waals surface area contributed by atoms with Crippen LogP contribution >= 0.6 is 15.9 Å². The lowest BCUT2D eigenvalue weighted by atomic mass is 9.91. The second kappa shape index (κ2) is 4.35. The van der Waals surface area contributed by atoms with Crippen LogP contribution in [0.25, 0.3) is 0 Å². The van der Waals surface area contributed by atoms with Crippen LogP contribution < -0.4 is 0 Å². The Morgan fingerprint density at radius 1 is 1.53 bits per heavy atom. The average molecular weight is 275 g/mol. The van der Waals surface area contributed by atoms with Crippen LogP contribution in [0.2, 0.25) is 0 Å². The molecule has 0 amide bonds. The first-order valence-electron chi connectivity index (χ1n) is 4.78. The molecule has 0 aliphatic carbocycles. The van der Waals surface area contributed by atoms with Gasteiger partial charge in [-0.1, -0.05) is 13.8 Å². The lowest BCUT2D eigenvalue weighted by Gasteiger charge is -2.14. The normalized spacial score (nSPS) is 13.2. The van der Waals surface area contributed by atoms with E-state index in [0.29, 0.717) is 5.69 Å². The van der Waals surface area contributed by atoms with Crippen molar-refractivity contribution < 1.29 is 9.90 Å². The Labute approximate surface area is 97.4 Å². The Balaban J connectivity index is 3.23. The monoisotopic (exact) mass is 274 g/mol. The summed E-state index contributed by atoms with van der Waals surface area (Å²) in [7, 11) is 1.79. The first-order chi connectivity index (χ1) is 6.86. The van der Waals surface area contributed by atoms with E-state index in [4.69, 9.17) is 5.11 Å². The second-order valence-electron chi connectivity index (χ2n) is 3.98. The summed E-state index contributed by atoms with van der Waals surface area (Å²) in [6.45, 7) is 5.66. The highest BCUT2D eigenvalue weighted by Gasteiger charge is 2.29. The molecule has 1 N–H and O–H groups in total. The SMILES string of the molecule is Cc1c(C(C(=O)O)C(C)C)nn(C)c1Br. The van der Waals surface area contributed by atoms with Crippen molar-refractivity contribution in [3.8, 4) is 0 Å². The summed E-state index contributed by atoms with van der Waals surface area (Å²) in [5.74, 6) is -1.33. The van der Waals surface area contributed by atoms with Crippen molar-refractivity contribution in [2.75, 3.05) is 0 Å². The number of rotatable bonds is 3. The number of aromatic nitrogens is 2. The Hall–Kier alpha value is -0.840. The summed E-state index contributed by atoms with van der Waals surface area (Å²) in [6.07, 6.45) is 0. The third-order valence-corrected chi connectivity index (χ3v) is 3.57. The molecule has 1 aromatic rings. The summed E-state index contributed by atoms with van der Waals surface area (Å²) in [4.78, 5) is 11.1. The first kappa shape index (κ1) is 12.2. The molecule has 4 nitrogen and oxygen atoms in total. The van der Waals surface area contributed by atoms with Gasteiger partial charge in [0.05, 0.1) is 5.69 Å². The summed E-state index contributed by atoms with van der Waals surface area (Å²) < 4.78 is 2.49. The molecule has 0 aromatic carbocycles. The molecule has 5 heteroatoms. The van der Waals surface area contributed by atoms with Crippen molar-refractivity contribution in [1.82, 2.24) is 9.78 Å². The molecule has 0 bridgehead atoms. The number of carboxylic acids is 1. The molecule has 1 heterocycles. The molecule has 1 aromatic heterocycles. The molecule has 84 valence electrons. The minimum atomic E-state index is -0.821. The highest BCUT2D eigenvalue weighted by Crippen LogP contribution is 2.29. The molecule has 0 spiro atoms. The zero-order valence-corrected chi connectivity index (χ0v) is 10.9. The molecule has 0 saturated carbocycles. The third-order valence-electron chi connectivity index (χ3n) is 2.46. The van der Waals surface area contributed by atoms with Crippen molar-refractivity contribution in [2.24, 2.45) is 13.0 Å². The smallest absolute Gasteiger partial charge is 0.312 e. The van der Waals surface area contributed by atoms with Gasteiger partial charge in [-0.05, 0) is 28.8 Å². The lowest BCUT2D eigenvalue weighted by molar-refractivity contribution is -0.140. The van der Waals surface area contributed by atoms with E-state index >= 15 is 0 Å². The summed E-state index contributed by atoms with van der Waals surface area (Å²) >= 11 is 3.37. The van der Waals surface area contributed by atoms with Gasteiger partial charge < -0.3 is 5.11 Å². The van der Waals surface area contributed by atoms with Gasteiger partial charge in [0.1, 0.15) is 10.5 Å². The van der Waals surface area contributed by atoms with Crippen molar-refractivity contribution in [3.63, 3.8) is 0 Å². The zero-order chi connectivity index (χ0) is 11.7. The van der Waals surface area contributed by atoms with Crippen LogP contribution in [0.5, 0.6) is 0 Å². The second-order valence-corrected chi connectivity index (χ2v) is 4.74. The van der Waals surface area contributed by atoms with Gasteiger partial charge in [-0.15, -0.1) is 0 Å². The fourth-order valence-electron chi connectivity index (χ4n) is 1.64. The van der Waals surface area contributed by atoms with E-state index in [1.807, 2.05) is 20.8 Å². The van der Waals surface area contributed by atoms with Gasteiger partial charge in [-0.2, -0.15) is 5.10 Å². The van der Waals surface area contributed by atoms with E-state index in [1.165, 1.54) is 0 Å². The molecule has 1 unspecified atom stereocenters. The van der Waals surface area contributed by atoms with Crippen molar-refractivity contribution in [1.29, 1.82) is 0 Å². The number of hydrogen-bond donors (Lipinski definition) is 1. The standard InChI is InChI=1S/C10H15BrN2O2/c1-5(2)7(10(14)15)8-6(3)9(11)13(4)12-8/h5,7H,1-4H3,(H,14,15). The Morgan fingerprint density at radius 2 is 2.07 bits per heavy atom. The van der Waals surface area contributed by atoms with Gasteiger partial charge >= 0.3 is 5.97 Å². The van der Waals surface area contributed by atoms with E-state index in [2.05, 4.69) is 21.0 Å². The molecule has 0 radical (unpaired) electrons. The van der Waals surface area contributed by atoms with Crippen LogP contribution in [-0.4, -0.2) is 20.9 Å². The summed E-state index contributed by atoms with van der Waals surface area (Å²) in [6, 6.07) is 0. The van der Waals surface area contributed by atoms with Gasteiger partial charge in [-0.3, -0.25) is 9.48 Å². The largest absolute Gasteiger partial charge is 0.481 e. The number of halogens is 1. The molecule has 1 rings (SSSR count). The maximum atomic E-state index is 11.1. The number of carbonyl (C=O) groups is 1. The van der Waals surface area contributed by atoms with E-state index in [1.54, 1.807) is 11.7 Å². The molecule has 1 atom stereocenters. The quantitative estimate of drug-likeness (QED) is 0.921. The molecule has 15 heavy (non-hydrogen) atoms. The van der Waals surface area contributed by atoms with Crippen LogP contribution in [0.1, 0.15) is 31.0 Å². The zero-order valence-electron chi connectivity index (χ0n) is 9.28. The van der Waals surface area contributed by atoms with Crippen LogP contribution in [-0.2, 0) is 11.8 Å². The van der Waals surface area contributed by atoms with Crippen LogP contribution in [0.3, 0.4) is 0 Å². The van der Waals surface area contributed by atoms with E-state index in [0.717, 1.165) is 10.2 Å². The summed E-state index contributed by atoms with van der Waals surface area (Å²) in [5.41, 5.74) is 1.55. The van der Waals surface area contributed by atoms with Crippen molar-refractivity contribution >= 4 is 21.9 Å². The topological polar surface area (TPSA) is 55.1 Å². The number of nitrogens with zero attached hydrogens (tertiary/aromatic N) is 2.